The standard InChI is InChI=1S/C19H23NO2/c1-20-17-8-5-4-7-15(17)16-11-10-14(13-18(16)20)19(22)9-3-2-6-12-21/h4-5,7-8,10-11,13,19,21-22H,2-3,6,9,12H2,1H3. The van der Waals surface area contributed by atoms with E-state index in [-0.39, 0.29) is 6.61 Å². The smallest absolute Gasteiger partial charge is 0.0790 e. The van der Waals surface area contributed by atoms with Gasteiger partial charge in [0.15, 0.2) is 0 Å². The van der Waals surface area contributed by atoms with Crippen LogP contribution in [0.5, 0.6) is 0 Å². The predicted octanol–water partition coefficient (Wildman–Crippen LogP) is 3.92. The molecule has 0 fully saturated rings. The van der Waals surface area contributed by atoms with Gasteiger partial charge in [0, 0.05) is 35.5 Å². The van der Waals surface area contributed by atoms with E-state index in [1.807, 2.05) is 6.07 Å². The molecule has 0 aliphatic heterocycles. The largest absolute Gasteiger partial charge is 0.396 e. The number of aromatic nitrogens is 1. The number of unbranched alkanes of at least 4 members (excludes halogenated alkanes) is 2. The SMILES string of the molecule is Cn1c2ccccc2c2ccc(C(O)CCCCCO)cc21. The average molecular weight is 297 g/mol. The van der Waals surface area contributed by atoms with Crippen LogP contribution >= 0.6 is 0 Å². The van der Waals surface area contributed by atoms with Gasteiger partial charge in [0.1, 0.15) is 0 Å². The summed E-state index contributed by atoms with van der Waals surface area (Å²) in [6, 6.07) is 14.6. The molecular formula is C19H23NO2. The Morgan fingerprint density at radius 2 is 1.73 bits per heavy atom. The van der Waals surface area contributed by atoms with E-state index < -0.39 is 6.10 Å². The van der Waals surface area contributed by atoms with Crippen LogP contribution in [0.4, 0.5) is 0 Å². The molecule has 3 aromatic rings. The number of aryl methyl sites for hydroxylation is 1. The highest BCUT2D eigenvalue weighted by Gasteiger charge is 2.12. The van der Waals surface area contributed by atoms with Crippen LogP contribution in [0.3, 0.4) is 0 Å². The topological polar surface area (TPSA) is 45.4 Å². The van der Waals surface area contributed by atoms with Gasteiger partial charge in [0.2, 0.25) is 0 Å². The van der Waals surface area contributed by atoms with Crippen molar-refractivity contribution in [3.63, 3.8) is 0 Å². The molecule has 0 aliphatic rings. The van der Waals surface area contributed by atoms with E-state index in [2.05, 4.69) is 48.0 Å². The molecule has 0 saturated heterocycles. The molecule has 3 nitrogen and oxygen atoms in total. The normalized spacial score (nSPS) is 13.0. The van der Waals surface area contributed by atoms with Gasteiger partial charge in [0.25, 0.3) is 0 Å². The van der Waals surface area contributed by atoms with Gasteiger partial charge in [-0.1, -0.05) is 43.2 Å². The minimum Gasteiger partial charge on any atom is -0.396 e. The Bertz CT molecular complexity index is 776. The van der Waals surface area contributed by atoms with Crippen molar-refractivity contribution >= 4 is 21.8 Å². The van der Waals surface area contributed by atoms with Gasteiger partial charge in [-0.25, -0.2) is 0 Å². The van der Waals surface area contributed by atoms with Crippen LogP contribution in [0.1, 0.15) is 37.4 Å². The minimum atomic E-state index is -0.430. The second-order valence-electron chi connectivity index (χ2n) is 5.94. The summed E-state index contributed by atoms with van der Waals surface area (Å²) in [4.78, 5) is 0. The van der Waals surface area contributed by atoms with Gasteiger partial charge in [-0.15, -0.1) is 0 Å². The molecule has 1 atom stereocenters. The van der Waals surface area contributed by atoms with Crippen molar-refractivity contribution in [3.05, 3.63) is 48.0 Å². The summed E-state index contributed by atoms with van der Waals surface area (Å²) < 4.78 is 2.19. The minimum absolute atomic E-state index is 0.234. The third kappa shape index (κ3) is 2.74. The lowest BCUT2D eigenvalue weighted by atomic mass is 10.0. The zero-order valence-corrected chi connectivity index (χ0v) is 13.0. The molecule has 3 heteroatoms. The number of hydrogen-bond acceptors (Lipinski definition) is 2. The van der Waals surface area contributed by atoms with Crippen molar-refractivity contribution in [1.29, 1.82) is 0 Å². The molecule has 1 aromatic heterocycles. The molecule has 0 amide bonds. The molecule has 116 valence electrons. The quantitative estimate of drug-likeness (QED) is 0.677. The zero-order chi connectivity index (χ0) is 15.5. The second-order valence-corrected chi connectivity index (χ2v) is 5.94. The summed E-state index contributed by atoms with van der Waals surface area (Å²) in [5, 5.41) is 21.7. The van der Waals surface area contributed by atoms with Gasteiger partial charge in [0.05, 0.1) is 6.10 Å². The molecule has 1 unspecified atom stereocenters. The van der Waals surface area contributed by atoms with Crippen molar-refractivity contribution in [3.8, 4) is 0 Å². The van der Waals surface area contributed by atoms with Crippen LogP contribution in [-0.4, -0.2) is 21.4 Å². The molecular weight excluding hydrogens is 274 g/mol. The molecule has 0 bridgehead atoms. The molecule has 0 saturated carbocycles. The summed E-state index contributed by atoms with van der Waals surface area (Å²) in [5.74, 6) is 0. The van der Waals surface area contributed by atoms with E-state index in [0.29, 0.717) is 0 Å². The number of aliphatic hydroxyl groups excluding tert-OH is 2. The highest BCUT2D eigenvalue weighted by Crippen LogP contribution is 2.31. The summed E-state index contributed by atoms with van der Waals surface area (Å²) in [6.07, 6.45) is 3.03. The summed E-state index contributed by atoms with van der Waals surface area (Å²) in [5.41, 5.74) is 3.35. The summed E-state index contributed by atoms with van der Waals surface area (Å²) in [6.45, 7) is 0.234. The van der Waals surface area contributed by atoms with Gasteiger partial charge in [-0.2, -0.15) is 0 Å². The number of fused-ring (bicyclic) bond motifs is 3. The molecule has 0 aliphatic carbocycles. The fourth-order valence-corrected chi connectivity index (χ4v) is 3.18. The Hall–Kier alpha value is -1.84. The van der Waals surface area contributed by atoms with Crippen LogP contribution in [0.2, 0.25) is 0 Å². The van der Waals surface area contributed by atoms with Crippen LogP contribution < -0.4 is 0 Å². The maximum absolute atomic E-state index is 10.4. The van der Waals surface area contributed by atoms with Crippen LogP contribution in [0, 0.1) is 0 Å². The monoisotopic (exact) mass is 297 g/mol. The first-order valence-corrected chi connectivity index (χ1v) is 7.98. The lowest BCUT2D eigenvalue weighted by molar-refractivity contribution is 0.162. The van der Waals surface area contributed by atoms with Gasteiger partial charge in [-0.3, -0.25) is 0 Å². The molecule has 0 spiro atoms. The van der Waals surface area contributed by atoms with Crippen LogP contribution in [0.25, 0.3) is 21.8 Å². The molecule has 3 rings (SSSR count). The number of para-hydroxylation sites is 1. The summed E-state index contributed by atoms with van der Waals surface area (Å²) in [7, 11) is 2.07. The molecule has 22 heavy (non-hydrogen) atoms. The van der Waals surface area contributed by atoms with Crippen molar-refractivity contribution < 1.29 is 10.2 Å². The number of aliphatic hydroxyl groups is 2. The lowest BCUT2D eigenvalue weighted by Gasteiger charge is -2.11. The fourth-order valence-electron chi connectivity index (χ4n) is 3.18. The van der Waals surface area contributed by atoms with Gasteiger partial charge < -0.3 is 14.8 Å². The van der Waals surface area contributed by atoms with E-state index in [9.17, 15) is 5.11 Å². The highest BCUT2D eigenvalue weighted by atomic mass is 16.3. The number of rotatable bonds is 6. The van der Waals surface area contributed by atoms with Crippen LogP contribution in [0.15, 0.2) is 42.5 Å². The third-order valence-electron chi connectivity index (χ3n) is 4.46. The third-order valence-corrected chi connectivity index (χ3v) is 4.46. The van der Waals surface area contributed by atoms with Gasteiger partial charge in [-0.05, 0) is 30.5 Å². The van der Waals surface area contributed by atoms with E-state index in [4.69, 9.17) is 5.11 Å². The zero-order valence-electron chi connectivity index (χ0n) is 13.0. The van der Waals surface area contributed by atoms with E-state index in [1.165, 1.54) is 16.3 Å². The van der Waals surface area contributed by atoms with Crippen molar-refractivity contribution in [2.45, 2.75) is 31.8 Å². The van der Waals surface area contributed by atoms with Crippen molar-refractivity contribution in [2.24, 2.45) is 7.05 Å². The first-order valence-electron chi connectivity index (χ1n) is 7.98. The Labute approximate surface area is 130 Å². The second kappa shape index (κ2) is 6.51. The average Bonchev–Trinajstić information content (AvgIpc) is 2.84. The first kappa shape index (κ1) is 15.1. The maximum Gasteiger partial charge on any atom is 0.0790 e. The molecule has 2 aromatic carbocycles. The Morgan fingerprint density at radius 3 is 2.55 bits per heavy atom. The van der Waals surface area contributed by atoms with Crippen LogP contribution in [-0.2, 0) is 7.05 Å². The molecule has 2 N–H and O–H groups in total. The number of nitrogens with zero attached hydrogens (tertiary/aromatic N) is 1. The Balaban J connectivity index is 1.89. The molecule has 1 heterocycles. The number of benzene rings is 2. The van der Waals surface area contributed by atoms with Crippen molar-refractivity contribution in [1.82, 2.24) is 4.57 Å². The summed E-state index contributed by atoms with van der Waals surface area (Å²) >= 11 is 0. The van der Waals surface area contributed by atoms with E-state index in [0.717, 1.165) is 36.8 Å². The Kier molecular flexibility index (Phi) is 4.46. The Morgan fingerprint density at radius 1 is 0.955 bits per heavy atom. The lowest BCUT2D eigenvalue weighted by Crippen LogP contribution is -1.98. The van der Waals surface area contributed by atoms with Crippen molar-refractivity contribution in [2.75, 3.05) is 6.61 Å². The number of hydrogen-bond donors (Lipinski definition) is 2. The maximum atomic E-state index is 10.4. The highest BCUT2D eigenvalue weighted by molar-refractivity contribution is 6.08. The van der Waals surface area contributed by atoms with Gasteiger partial charge >= 0.3 is 0 Å². The van der Waals surface area contributed by atoms with E-state index in [1.54, 1.807) is 0 Å². The van der Waals surface area contributed by atoms with E-state index >= 15 is 0 Å². The predicted molar refractivity (Wildman–Crippen MR) is 90.9 cm³/mol. The molecule has 0 radical (unpaired) electrons. The first-order chi connectivity index (χ1) is 10.7. The fraction of sp³-hybridized carbons (Fsp3) is 0.368.